The average Bonchev–Trinajstić information content (AvgIpc) is 3.52. The molecule has 10 N–H and O–H groups in total. The van der Waals surface area contributed by atoms with E-state index in [4.69, 9.17) is 33.2 Å². The molecule has 65 heavy (non-hydrogen) atoms. The van der Waals surface area contributed by atoms with Gasteiger partial charge < -0.3 is 84.2 Å². The van der Waals surface area contributed by atoms with Crippen LogP contribution in [-0.4, -0.2) is 181 Å². The molecule has 0 radical (unpaired) electrons. The monoisotopic (exact) mass is 927 g/mol. The predicted molar refractivity (Wildman–Crippen MR) is 228 cm³/mol. The molecular weight excluding hydrogens is 849 g/mol. The van der Waals surface area contributed by atoms with Crippen LogP contribution in [0.3, 0.4) is 0 Å². The Morgan fingerprint density at radius 3 is 1.98 bits per heavy atom. The fourth-order valence-electron chi connectivity index (χ4n) is 15.7. The van der Waals surface area contributed by atoms with Gasteiger partial charge in [0.25, 0.3) is 0 Å². The fraction of sp³-hybridized carbons (Fsp3) is 0.958. The second-order valence-corrected chi connectivity index (χ2v) is 24.0. The highest BCUT2D eigenvalue weighted by Crippen LogP contribution is 2.79. The van der Waals surface area contributed by atoms with E-state index in [0.29, 0.717) is 19.4 Å². The number of allylic oxidation sites excluding steroid dienone is 1. The summed E-state index contributed by atoms with van der Waals surface area (Å²) in [5.41, 5.74) is -1.61. The van der Waals surface area contributed by atoms with Crippen LogP contribution in [-0.2, 0) is 33.2 Å². The smallest absolute Gasteiger partial charge is 0.187 e. The zero-order valence-electron chi connectivity index (χ0n) is 39.3. The predicted octanol–water partition coefficient (Wildman–Crippen LogP) is 0.629. The van der Waals surface area contributed by atoms with Gasteiger partial charge in [-0.25, -0.2) is 0 Å². The van der Waals surface area contributed by atoms with Gasteiger partial charge in [-0.1, -0.05) is 60.6 Å². The number of aliphatic hydroxyl groups is 10. The molecule has 0 aromatic carbocycles. The van der Waals surface area contributed by atoms with E-state index in [1.165, 1.54) is 6.92 Å². The first-order valence-corrected chi connectivity index (χ1v) is 24.3. The van der Waals surface area contributed by atoms with E-state index >= 15 is 0 Å². The van der Waals surface area contributed by atoms with Gasteiger partial charge in [-0.15, -0.1) is 0 Å². The third-order valence-electron chi connectivity index (χ3n) is 19.9. The summed E-state index contributed by atoms with van der Waals surface area (Å²) in [6.07, 6.45) is -12.0. The van der Waals surface area contributed by atoms with E-state index in [-0.39, 0.29) is 44.8 Å². The molecular formula is C48H78O17. The summed E-state index contributed by atoms with van der Waals surface area (Å²) in [6.45, 7) is 17.2. The van der Waals surface area contributed by atoms with Crippen molar-refractivity contribution in [2.24, 2.45) is 50.2 Å². The van der Waals surface area contributed by atoms with Crippen molar-refractivity contribution in [1.29, 1.82) is 0 Å². The van der Waals surface area contributed by atoms with Gasteiger partial charge in [0.1, 0.15) is 67.1 Å². The van der Waals surface area contributed by atoms with Crippen LogP contribution in [0.4, 0.5) is 0 Å². The van der Waals surface area contributed by atoms with Crippen molar-refractivity contribution >= 4 is 0 Å². The van der Waals surface area contributed by atoms with Gasteiger partial charge in [0, 0.05) is 16.7 Å². The van der Waals surface area contributed by atoms with Crippen LogP contribution in [0.15, 0.2) is 12.2 Å². The minimum absolute atomic E-state index is 0.163. The highest BCUT2D eigenvalue weighted by atomic mass is 16.8. The van der Waals surface area contributed by atoms with Gasteiger partial charge >= 0.3 is 0 Å². The van der Waals surface area contributed by atoms with Crippen molar-refractivity contribution in [2.75, 3.05) is 19.8 Å². The highest BCUT2D eigenvalue weighted by Gasteiger charge is 2.79. The van der Waals surface area contributed by atoms with Gasteiger partial charge in [0.2, 0.25) is 0 Å². The first-order chi connectivity index (χ1) is 30.3. The molecule has 372 valence electrons. The number of rotatable bonds is 8. The molecule has 4 aliphatic heterocycles. The normalized spacial score (nSPS) is 58.0. The maximum atomic E-state index is 12.2. The molecule has 9 aliphatic rings. The fourth-order valence-corrected chi connectivity index (χ4v) is 15.7. The summed E-state index contributed by atoms with van der Waals surface area (Å²) in [5, 5.41) is 109. The summed E-state index contributed by atoms with van der Waals surface area (Å²) in [7, 11) is 0. The quantitative estimate of drug-likeness (QED) is 0.118. The Bertz CT molecular complexity index is 1780. The Morgan fingerprint density at radius 1 is 0.631 bits per heavy atom. The van der Waals surface area contributed by atoms with Gasteiger partial charge in [0.15, 0.2) is 18.9 Å². The molecule has 5 aliphatic carbocycles. The molecule has 4 heterocycles. The van der Waals surface area contributed by atoms with E-state index in [9.17, 15) is 51.1 Å². The highest BCUT2D eigenvalue weighted by molar-refractivity contribution is 5.36. The van der Waals surface area contributed by atoms with Crippen molar-refractivity contribution < 1.29 is 84.2 Å². The molecule has 8 fully saturated rings. The zero-order valence-corrected chi connectivity index (χ0v) is 39.3. The van der Waals surface area contributed by atoms with Crippen LogP contribution in [0.1, 0.15) is 107 Å². The first kappa shape index (κ1) is 49.1. The van der Waals surface area contributed by atoms with E-state index in [1.54, 1.807) is 0 Å². The third-order valence-corrected chi connectivity index (χ3v) is 19.9. The molecule has 17 heteroatoms. The summed E-state index contributed by atoms with van der Waals surface area (Å²) in [5.74, 6) is 0.593. The average molecular weight is 927 g/mol. The number of hydrogen-bond acceptors (Lipinski definition) is 17. The molecule has 1 unspecified atom stereocenters. The third kappa shape index (κ3) is 7.09. The molecule has 1 spiro atoms. The van der Waals surface area contributed by atoms with E-state index in [2.05, 4.69) is 60.6 Å². The minimum atomic E-state index is -1.75. The molecule has 4 saturated heterocycles. The van der Waals surface area contributed by atoms with Crippen LogP contribution in [0.25, 0.3) is 0 Å². The largest absolute Gasteiger partial charge is 0.394 e. The van der Waals surface area contributed by atoms with Gasteiger partial charge in [-0.05, 0) is 91.8 Å². The van der Waals surface area contributed by atoms with Crippen molar-refractivity contribution in [3.8, 4) is 0 Å². The van der Waals surface area contributed by atoms with Crippen LogP contribution in [0.2, 0.25) is 0 Å². The minimum Gasteiger partial charge on any atom is -0.394 e. The summed E-state index contributed by atoms with van der Waals surface area (Å²) in [6, 6.07) is 0. The van der Waals surface area contributed by atoms with Crippen LogP contribution in [0, 0.1) is 50.2 Å². The Balaban J connectivity index is 0.958. The lowest BCUT2D eigenvalue weighted by molar-refractivity contribution is -0.374. The summed E-state index contributed by atoms with van der Waals surface area (Å²) in [4.78, 5) is 0. The van der Waals surface area contributed by atoms with Crippen LogP contribution < -0.4 is 0 Å². The van der Waals surface area contributed by atoms with E-state index in [0.717, 1.165) is 38.5 Å². The Kier molecular flexibility index (Phi) is 12.5. The van der Waals surface area contributed by atoms with Crippen molar-refractivity contribution in [1.82, 2.24) is 0 Å². The standard InChI is InChI=1S/C48H78O17/c1-22-30(51)32(53)36(57)40(61-22)65-38-24(20-59-39-35(56)33(54)31(52)23(19-49)62-39)63-41(37(58)34(38)55)64-29-11-12-44(6)25(43(29,4)5)9-13-45(7)26(44)10-14-48-27-17-42(2,3)15-16-47(27,21-60-48)28(50)18-46(45,48)8/h10,14,22-41,49-58H,9,11-13,15-21H2,1-8H3/t22-,23+,24+,25-,26+,27+,28?,29-,30-,31+,32+,33-,34+,35+,36+,37+,38+,39+,40-,41-,44-,45+,46-,47+,48-/m0/s1. The molecule has 17 nitrogen and oxygen atoms in total. The van der Waals surface area contributed by atoms with E-state index < -0.39 is 129 Å². The topological polar surface area (TPSA) is 267 Å². The SMILES string of the molecule is C[C@@H]1O[C@@H](O[C@H]2[C@H](O)[C@@H](O)[C@H](O[C@H]3CC[C@]4(C)[C@H]5C=C[C@]67OC[C@@]8(CCC(C)(C)C[C@H]86)C(O)C[C@@]7(C)[C@]5(C)CC[C@H]4C3(C)C)O[C@@H]2CO[C@@H]2O[C@H](CO)[C@@H](O)[C@H](O)[C@H]2O)[C@H](O)[C@H](O)[C@H]1O. The van der Waals surface area contributed by atoms with Crippen molar-refractivity contribution in [3.05, 3.63) is 12.2 Å². The molecule has 25 atom stereocenters. The van der Waals surface area contributed by atoms with Crippen LogP contribution in [0.5, 0.6) is 0 Å². The van der Waals surface area contributed by atoms with Crippen LogP contribution >= 0.6 is 0 Å². The molecule has 0 aromatic rings. The molecule has 0 aromatic heterocycles. The Labute approximate surface area is 382 Å². The summed E-state index contributed by atoms with van der Waals surface area (Å²) < 4.78 is 43.5. The second-order valence-electron chi connectivity index (χ2n) is 24.0. The second kappa shape index (κ2) is 16.6. The lowest BCUT2D eigenvalue weighted by Crippen LogP contribution is -2.72. The van der Waals surface area contributed by atoms with Gasteiger partial charge in [-0.3, -0.25) is 0 Å². The van der Waals surface area contributed by atoms with E-state index in [1.807, 2.05) is 0 Å². The number of hydrogen-bond donors (Lipinski definition) is 10. The lowest BCUT2D eigenvalue weighted by atomic mass is 9.32. The lowest BCUT2D eigenvalue weighted by Gasteiger charge is -2.73. The Morgan fingerprint density at radius 2 is 1.28 bits per heavy atom. The molecule has 0 amide bonds. The number of aliphatic hydroxyl groups excluding tert-OH is 10. The maximum absolute atomic E-state index is 12.2. The Hall–Kier alpha value is -0.940. The van der Waals surface area contributed by atoms with Crippen molar-refractivity contribution in [2.45, 2.75) is 217 Å². The van der Waals surface area contributed by atoms with Crippen molar-refractivity contribution in [3.63, 3.8) is 0 Å². The number of ether oxygens (including phenoxy) is 7. The summed E-state index contributed by atoms with van der Waals surface area (Å²) >= 11 is 0. The molecule has 9 rings (SSSR count). The molecule has 4 saturated carbocycles. The van der Waals surface area contributed by atoms with Gasteiger partial charge in [-0.2, -0.15) is 0 Å². The zero-order chi connectivity index (χ0) is 47.2. The number of fused-ring (bicyclic) bond motifs is 4. The maximum Gasteiger partial charge on any atom is 0.187 e. The van der Waals surface area contributed by atoms with Gasteiger partial charge in [0.05, 0.1) is 43.7 Å². The molecule has 2 bridgehead atoms. The first-order valence-electron chi connectivity index (χ1n) is 24.3.